The van der Waals surface area contributed by atoms with Crippen molar-refractivity contribution in [3.8, 4) is 5.75 Å². The van der Waals surface area contributed by atoms with Gasteiger partial charge in [0.2, 0.25) is 5.91 Å². The molecule has 4 nitrogen and oxygen atoms in total. The summed E-state index contributed by atoms with van der Waals surface area (Å²) >= 11 is 0. The molecular weight excluding hydrogens is 240 g/mol. The maximum Gasteiger partial charge on any atom is 0.223 e. The van der Waals surface area contributed by atoms with Gasteiger partial charge in [-0.3, -0.25) is 4.79 Å². The summed E-state index contributed by atoms with van der Waals surface area (Å²) in [7, 11) is 3.55. The topological polar surface area (TPSA) is 41.6 Å². The zero-order valence-corrected chi connectivity index (χ0v) is 12.3. The van der Waals surface area contributed by atoms with Crippen LogP contribution in [0, 0.1) is 0 Å². The van der Waals surface area contributed by atoms with E-state index in [1.807, 2.05) is 25.1 Å². The van der Waals surface area contributed by atoms with Crippen LogP contribution in [-0.2, 0) is 4.79 Å². The molecule has 0 aliphatic carbocycles. The van der Waals surface area contributed by atoms with Crippen LogP contribution in [0.25, 0.3) is 0 Å². The Bertz CT molecular complexity index is 405. The average Bonchev–Trinajstić information content (AvgIpc) is 2.39. The maximum atomic E-state index is 11.5. The van der Waals surface area contributed by atoms with Crippen molar-refractivity contribution in [1.29, 1.82) is 0 Å². The molecule has 0 saturated carbocycles. The van der Waals surface area contributed by atoms with E-state index in [-0.39, 0.29) is 11.9 Å². The van der Waals surface area contributed by atoms with Crippen molar-refractivity contribution in [3.63, 3.8) is 0 Å². The zero-order valence-electron chi connectivity index (χ0n) is 12.3. The summed E-state index contributed by atoms with van der Waals surface area (Å²) in [6.45, 7) is 5.38. The van der Waals surface area contributed by atoms with Crippen molar-refractivity contribution in [3.05, 3.63) is 29.8 Å². The van der Waals surface area contributed by atoms with Gasteiger partial charge in [-0.2, -0.15) is 0 Å². The molecule has 0 bridgehead atoms. The molecule has 1 unspecified atom stereocenters. The molecule has 4 heteroatoms. The Balaban J connectivity index is 2.53. The van der Waals surface area contributed by atoms with E-state index in [4.69, 9.17) is 4.74 Å². The predicted octanol–water partition coefficient (Wildman–Crippen LogP) is 2.21. The Morgan fingerprint density at radius 3 is 2.68 bits per heavy atom. The average molecular weight is 264 g/mol. The SMILES string of the molecule is CCOc1ccccc1C(C)NCCC(=O)N(C)C. The monoisotopic (exact) mass is 264 g/mol. The van der Waals surface area contributed by atoms with E-state index in [0.29, 0.717) is 19.6 Å². The summed E-state index contributed by atoms with van der Waals surface area (Å²) in [6, 6.07) is 8.16. The second-order valence-corrected chi connectivity index (χ2v) is 4.68. The molecule has 1 aromatic rings. The molecule has 0 heterocycles. The van der Waals surface area contributed by atoms with E-state index in [1.54, 1.807) is 19.0 Å². The van der Waals surface area contributed by atoms with E-state index >= 15 is 0 Å². The Labute approximate surface area is 115 Å². The standard InChI is InChI=1S/C15H24N2O2/c1-5-19-14-9-7-6-8-13(14)12(2)16-11-10-15(18)17(3)4/h6-9,12,16H,5,10-11H2,1-4H3. The molecular formula is C15H24N2O2. The molecule has 1 amide bonds. The second kappa shape index (κ2) is 7.79. The van der Waals surface area contributed by atoms with Crippen LogP contribution >= 0.6 is 0 Å². The lowest BCUT2D eigenvalue weighted by atomic mass is 10.1. The molecule has 1 rings (SSSR count). The van der Waals surface area contributed by atoms with Gasteiger partial charge in [-0.05, 0) is 19.9 Å². The van der Waals surface area contributed by atoms with Gasteiger partial charge in [0.15, 0.2) is 0 Å². The quantitative estimate of drug-likeness (QED) is 0.821. The van der Waals surface area contributed by atoms with Gasteiger partial charge in [0.25, 0.3) is 0 Å². The number of nitrogens with one attached hydrogen (secondary N) is 1. The first kappa shape index (κ1) is 15.5. The minimum Gasteiger partial charge on any atom is -0.494 e. The van der Waals surface area contributed by atoms with Crippen LogP contribution in [0.4, 0.5) is 0 Å². The smallest absolute Gasteiger partial charge is 0.223 e. The number of amides is 1. The molecule has 0 aliphatic heterocycles. The first-order valence-corrected chi connectivity index (χ1v) is 6.71. The van der Waals surface area contributed by atoms with Crippen molar-refractivity contribution < 1.29 is 9.53 Å². The van der Waals surface area contributed by atoms with Gasteiger partial charge in [0, 0.05) is 38.7 Å². The molecule has 1 aromatic carbocycles. The van der Waals surface area contributed by atoms with Crippen molar-refractivity contribution in [1.82, 2.24) is 10.2 Å². The van der Waals surface area contributed by atoms with Crippen LogP contribution in [0.5, 0.6) is 5.75 Å². The number of ether oxygens (including phenoxy) is 1. The van der Waals surface area contributed by atoms with Crippen molar-refractivity contribution in [2.24, 2.45) is 0 Å². The third kappa shape index (κ3) is 4.91. The van der Waals surface area contributed by atoms with Gasteiger partial charge in [-0.25, -0.2) is 0 Å². The fourth-order valence-corrected chi connectivity index (χ4v) is 1.85. The normalized spacial score (nSPS) is 12.0. The summed E-state index contributed by atoms with van der Waals surface area (Å²) in [4.78, 5) is 13.1. The maximum absolute atomic E-state index is 11.5. The van der Waals surface area contributed by atoms with Crippen LogP contribution in [0.2, 0.25) is 0 Å². The highest BCUT2D eigenvalue weighted by molar-refractivity contribution is 5.75. The number of nitrogens with zero attached hydrogens (tertiary/aromatic N) is 1. The van der Waals surface area contributed by atoms with Crippen molar-refractivity contribution in [2.45, 2.75) is 26.3 Å². The van der Waals surface area contributed by atoms with Crippen LogP contribution in [0.1, 0.15) is 31.9 Å². The molecule has 0 radical (unpaired) electrons. The molecule has 0 aromatic heterocycles. The minimum absolute atomic E-state index is 0.137. The molecule has 1 atom stereocenters. The minimum atomic E-state index is 0.137. The number of hydrogen-bond donors (Lipinski definition) is 1. The number of rotatable bonds is 7. The summed E-state index contributed by atoms with van der Waals surface area (Å²) in [6.07, 6.45) is 0.508. The zero-order chi connectivity index (χ0) is 14.3. The van der Waals surface area contributed by atoms with E-state index in [0.717, 1.165) is 11.3 Å². The van der Waals surface area contributed by atoms with Crippen molar-refractivity contribution in [2.75, 3.05) is 27.2 Å². The lowest BCUT2D eigenvalue weighted by Crippen LogP contribution is -2.28. The molecule has 0 saturated heterocycles. The van der Waals surface area contributed by atoms with E-state index in [1.165, 1.54) is 0 Å². The first-order valence-electron chi connectivity index (χ1n) is 6.71. The lowest BCUT2D eigenvalue weighted by Gasteiger charge is -2.18. The molecule has 0 aliphatic rings. The van der Waals surface area contributed by atoms with Crippen LogP contribution in [0.3, 0.4) is 0 Å². The Morgan fingerprint density at radius 1 is 1.37 bits per heavy atom. The predicted molar refractivity (Wildman–Crippen MR) is 77.3 cm³/mol. The summed E-state index contributed by atoms with van der Waals surface area (Å²) in [5, 5.41) is 3.36. The highest BCUT2D eigenvalue weighted by atomic mass is 16.5. The summed E-state index contributed by atoms with van der Waals surface area (Å²) < 4.78 is 5.61. The molecule has 1 N–H and O–H groups in total. The van der Waals surface area contributed by atoms with E-state index in [2.05, 4.69) is 18.3 Å². The third-order valence-electron chi connectivity index (χ3n) is 2.97. The van der Waals surface area contributed by atoms with E-state index < -0.39 is 0 Å². The van der Waals surface area contributed by atoms with E-state index in [9.17, 15) is 4.79 Å². The number of hydrogen-bond acceptors (Lipinski definition) is 3. The van der Waals surface area contributed by atoms with Gasteiger partial charge < -0.3 is 15.0 Å². The second-order valence-electron chi connectivity index (χ2n) is 4.68. The Hall–Kier alpha value is -1.55. The van der Waals surface area contributed by atoms with Crippen LogP contribution in [0.15, 0.2) is 24.3 Å². The highest BCUT2D eigenvalue weighted by Crippen LogP contribution is 2.24. The molecule has 106 valence electrons. The first-order chi connectivity index (χ1) is 9.06. The number of carbonyl (C=O) groups excluding carboxylic acids is 1. The summed E-state index contributed by atoms with van der Waals surface area (Å²) in [5.74, 6) is 1.04. The Morgan fingerprint density at radius 2 is 2.05 bits per heavy atom. The fourth-order valence-electron chi connectivity index (χ4n) is 1.85. The van der Waals surface area contributed by atoms with Crippen LogP contribution in [-0.4, -0.2) is 38.1 Å². The van der Waals surface area contributed by atoms with Crippen molar-refractivity contribution >= 4 is 5.91 Å². The number of para-hydroxylation sites is 1. The van der Waals surface area contributed by atoms with Gasteiger partial charge in [0.1, 0.15) is 5.75 Å². The Kier molecular flexibility index (Phi) is 6.36. The lowest BCUT2D eigenvalue weighted by molar-refractivity contribution is -0.128. The molecule has 19 heavy (non-hydrogen) atoms. The third-order valence-corrected chi connectivity index (χ3v) is 2.97. The van der Waals surface area contributed by atoms with Gasteiger partial charge >= 0.3 is 0 Å². The summed E-state index contributed by atoms with van der Waals surface area (Å²) in [5.41, 5.74) is 1.13. The van der Waals surface area contributed by atoms with Gasteiger partial charge in [-0.1, -0.05) is 18.2 Å². The fraction of sp³-hybridized carbons (Fsp3) is 0.533. The van der Waals surface area contributed by atoms with Gasteiger partial charge in [-0.15, -0.1) is 0 Å². The molecule has 0 spiro atoms. The highest BCUT2D eigenvalue weighted by Gasteiger charge is 2.11. The number of carbonyl (C=O) groups is 1. The number of benzene rings is 1. The largest absolute Gasteiger partial charge is 0.494 e. The van der Waals surface area contributed by atoms with Crippen LogP contribution < -0.4 is 10.1 Å². The molecule has 0 fully saturated rings. The van der Waals surface area contributed by atoms with Gasteiger partial charge in [0.05, 0.1) is 6.61 Å².